The normalized spacial score (nSPS) is 11.9. The smallest absolute Gasteiger partial charge is 0.334 e. The van der Waals surface area contributed by atoms with Gasteiger partial charge in [0, 0.05) is 27.1 Å². The summed E-state index contributed by atoms with van der Waals surface area (Å²) >= 11 is 0. The Hall–Kier alpha value is -2.16. The highest BCUT2D eigenvalue weighted by Crippen LogP contribution is 1.91. The molecule has 1 unspecified atom stereocenters. The standard InChI is InChI=1S/C10H17N5O4/c1-15-6-13-14-8(15)3-4-11-10(18)12-5-7(19-2)9(16)17/h6-7H,3-5H2,1-2H3,(H,16,17)(H2,11,12,18). The van der Waals surface area contributed by atoms with Gasteiger partial charge in [0.05, 0.1) is 6.54 Å². The van der Waals surface area contributed by atoms with Crippen molar-refractivity contribution in [2.45, 2.75) is 12.5 Å². The summed E-state index contributed by atoms with van der Waals surface area (Å²) in [4.78, 5) is 22.0. The summed E-state index contributed by atoms with van der Waals surface area (Å²) in [5.74, 6) is -0.373. The van der Waals surface area contributed by atoms with Gasteiger partial charge >= 0.3 is 12.0 Å². The minimum absolute atomic E-state index is 0.0956. The molecule has 0 bridgehead atoms. The van der Waals surface area contributed by atoms with Crippen LogP contribution in [0.1, 0.15) is 5.82 Å². The summed E-state index contributed by atoms with van der Waals surface area (Å²) in [6.07, 6.45) is 1.06. The van der Waals surface area contributed by atoms with Crippen molar-refractivity contribution in [1.82, 2.24) is 25.4 Å². The second kappa shape index (κ2) is 7.31. The number of nitrogens with one attached hydrogen (secondary N) is 2. The fraction of sp³-hybridized carbons (Fsp3) is 0.600. The van der Waals surface area contributed by atoms with Crippen molar-refractivity contribution in [3.8, 4) is 0 Å². The number of carbonyl (C=O) groups excluding carboxylic acids is 1. The number of aliphatic carboxylic acids is 1. The first kappa shape index (κ1) is 14.9. The van der Waals surface area contributed by atoms with Gasteiger partial charge in [0.1, 0.15) is 12.2 Å². The molecule has 0 aliphatic carbocycles. The largest absolute Gasteiger partial charge is 0.479 e. The van der Waals surface area contributed by atoms with E-state index in [4.69, 9.17) is 5.11 Å². The Morgan fingerprint density at radius 1 is 1.53 bits per heavy atom. The van der Waals surface area contributed by atoms with Gasteiger partial charge in [-0.15, -0.1) is 10.2 Å². The number of methoxy groups -OCH3 is 1. The van der Waals surface area contributed by atoms with Crippen LogP contribution in [0.4, 0.5) is 4.79 Å². The van der Waals surface area contributed by atoms with E-state index in [1.807, 2.05) is 7.05 Å². The maximum atomic E-state index is 11.4. The Balaban J connectivity index is 2.21. The van der Waals surface area contributed by atoms with Crippen LogP contribution in [-0.2, 0) is 23.0 Å². The third-order valence-corrected chi connectivity index (χ3v) is 2.45. The van der Waals surface area contributed by atoms with Crippen molar-refractivity contribution >= 4 is 12.0 Å². The lowest BCUT2D eigenvalue weighted by Crippen LogP contribution is -2.43. The van der Waals surface area contributed by atoms with Crippen LogP contribution in [-0.4, -0.2) is 58.2 Å². The van der Waals surface area contributed by atoms with Crippen molar-refractivity contribution in [3.63, 3.8) is 0 Å². The number of rotatable bonds is 7. The van der Waals surface area contributed by atoms with Gasteiger partial charge in [0.15, 0.2) is 6.10 Å². The zero-order chi connectivity index (χ0) is 14.3. The minimum Gasteiger partial charge on any atom is -0.479 e. The molecule has 2 amide bonds. The molecule has 0 saturated heterocycles. The maximum Gasteiger partial charge on any atom is 0.334 e. The van der Waals surface area contributed by atoms with Gasteiger partial charge in [-0.3, -0.25) is 0 Å². The Morgan fingerprint density at radius 3 is 2.79 bits per heavy atom. The average Bonchev–Trinajstić information content (AvgIpc) is 2.75. The SMILES string of the molecule is COC(CNC(=O)NCCc1nncn1C)C(=O)O. The first-order valence-corrected chi connectivity index (χ1v) is 5.64. The van der Waals surface area contributed by atoms with Gasteiger partial charge in [-0.25, -0.2) is 9.59 Å². The number of hydrogen-bond donors (Lipinski definition) is 3. The molecule has 0 radical (unpaired) electrons. The number of carboxylic acid groups (broad SMARTS) is 1. The van der Waals surface area contributed by atoms with Crippen LogP contribution >= 0.6 is 0 Å². The summed E-state index contributed by atoms with van der Waals surface area (Å²) in [6, 6.07) is -0.453. The van der Waals surface area contributed by atoms with Crippen molar-refractivity contribution in [2.24, 2.45) is 7.05 Å². The third-order valence-electron chi connectivity index (χ3n) is 2.45. The number of aryl methyl sites for hydroxylation is 1. The van der Waals surface area contributed by atoms with E-state index in [1.165, 1.54) is 7.11 Å². The van der Waals surface area contributed by atoms with E-state index >= 15 is 0 Å². The second-order valence-electron chi connectivity index (χ2n) is 3.81. The molecule has 0 fully saturated rings. The van der Waals surface area contributed by atoms with Gasteiger partial charge in [0.25, 0.3) is 0 Å². The van der Waals surface area contributed by atoms with Crippen molar-refractivity contribution < 1.29 is 19.4 Å². The number of carbonyl (C=O) groups is 2. The lowest BCUT2D eigenvalue weighted by atomic mass is 10.3. The van der Waals surface area contributed by atoms with Crippen molar-refractivity contribution in [3.05, 3.63) is 12.2 Å². The van der Waals surface area contributed by atoms with Gasteiger partial charge in [-0.1, -0.05) is 0 Å². The van der Waals surface area contributed by atoms with Crippen molar-refractivity contribution in [2.75, 3.05) is 20.2 Å². The molecule has 9 heteroatoms. The van der Waals surface area contributed by atoms with Gasteiger partial charge in [-0.2, -0.15) is 0 Å². The van der Waals surface area contributed by atoms with E-state index in [1.54, 1.807) is 10.9 Å². The summed E-state index contributed by atoms with van der Waals surface area (Å²) in [5.41, 5.74) is 0. The zero-order valence-corrected chi connectivity index (χ0v) is 10.8. The predicted molar refractivity (Wildman–Crippen MR) is 64.5 cm³/mol. The molecule has 0 aromatic carbocycles. The molecular formula is C10H17N5O4. The first-order valence-electron chi connectivity index (χ1n) is 5.64. The summed E-state index contributed by atoms with van der Waals surface area (Å²) in [6.45, 7) is 0.282. The quantitative estimate of drug-likeness (QED) is 0.570. The Kier molecular flexibility index (Phi) is 5.73. The van der Waals surface area contributed by atoms with Crippen LogP contribution in [0.3, 0.4) is 0 Å². The highest BCUT2D eigenvalue weighted by atomic mass is 16.5. The van der Waals surface area contributed by atoms with Crippen LogP contribution in [0.2, 0.25) is 0 Å². The number of ether oxygens (including phenoxy) is 1. The Labute approximate surface area is 110 Å². The molecule has 1 aromatic heterocycles. The van der Waals surface area contributed by atoms with Gasteiger partial charge < -0.3 is 25.0 Å². The molecule has 0 aliphatic heterocycles. The molecule has 1 heterocycles. The summed E-state index contributed by atoms with van der Waals surface area (Å²) in [5, 5.41) is 21.3. The average molecular weight is 271 g/mol. The molecule has 9 nitrogen and oxygen atoms in total. The fourth-order valence-electron chi connectivity index (χ4n) is 1.34. The van der Waals surface area contributed by atoms with Crippen LogP contribution in [0.25, 0.3) is 0 Å². The number of urea groups is 1. The lowest BCUT2D eigenvalue weighted by molar-refractivity contribution is -0.147. The van der Waals surface area contributed by atoms with Gasteiger partial charge in [-0.05, 0) is 0 Å². The Bertz CT molecular complexity index is 433. The van der Waals surface area contributed by atoms with E-state index in [0.717, 1.165) is 5.82 Å². The van der Waals surface area contributed by atoms with Crippen LogP contribution < -0.4 is 10.6 Å². The van der Waals surface area contributed by atoms with E-state index in [9.17, 15) is 9.59 Å². The van der Waals surface area contributed by atoms with Crippen LogP contribution in [0, 0.1) is 0 Å². The molecule has 0 saturated carbocycles. The number of amides is 2. The molecule has 0 spiro atoms. The van der Waals surface area contributed by atoms with E-state index in [2.05, 4.69) is 25.6 Å². The highest BCUT2D eigenvalue weighted by Gasteiger charge is 2.16. The molecule has 1 aromatic rings. The minimum atomic E-state index is -1.12. The number of aromatic nitrogens is 3. The van der Waals surface area contributed by atoms with Crippen molar-refractivity contribution in [1.29, 1.82) is 0 Å². The zero-order valence-electron chi connectivity index (χ0n) is 10.8. The Morgan fingerprint density at radius 2 is 2.26 bits per heavy atom. The number of carboxylic acids is 1. The van der Waals surface area contributed by atoms with Crippen LogP contribution in [0.15, 0.2) is 6.33 Å². The molecule has 1 rings (SSSR count). The topological polar surface area (TPSA) is 118 Å². The highest BCUT2D eigenvalue weighted by molar-refractivity contribution is 5.76. The molecule has 3 N–H and O–H groups in total. The van der Waals surface area contributed by atoms with E-state index in [-0.39, 0.29) is 6.54 Å². The van der Waals surface area contributed by atoms with Crippen LogP contribution in [0.5, 0.6) is 0 Å². The molecule has 106 valence electrons. The maximum absolute atomic E-state index is 11.4. The van der Waals surface area contributed by atoms with Gasteiger partial charge in [0.2, 0.25) is 0 Å². The number of hydrogen-bond acceptors (Lipinski definition) is 5. The monoisotopic (exact) mass is 271 g/mol. The number of nitrogens with zero attached hydrogens (tertiary/aromatic N) is 3. The predicted octanol–water partition coefficient (Wildman–Crippen LogP) is -1.24. The molecule has 0 aliphatic rings. The van der Waals surface area contributed by atoms with E-state index in [0.29, 0.717) is 13.0 Å². The first-order chi connectivity index (χ1) is 9.04. The second-order valence-corrected chi connectivity index (χ2v) is 3.81. The molecule has 19 heavy (non-hydrogen) atoms. The molecule has 1 atom stereocenters. The fourth-order valence-corrected chi connectivity index (χ4v) is 1.34. The third kappa shape index (κ3) is 4.92. The summed E-state index contributed by atoms with van der Waals surface area (Å²) < 4.78 is 6.43. The summed E-state index contributed by atoms with van der Waals surface area (Å²) in [7, 11) is 3.08. The lowest BCUT2D eigenvalue weighted by Gasteiger charge is -2.12. The van der Waals surface area contributed by atoms with E-state index < -0.39 is 18.1 Å². The molecular weight excluding hydrogens is 254 g/mol.